The minimum absolute atomic E-state index is 0.0761. The minimum Gasteiger partial charge on any atom is -0.294 e. The van der Waals surface area contributed by atoms with Crippen molar-refractivity contribution in [3.05, 3.63) is 70.0 Å². The van der Waals surface area contributed by atoms with Gasteiger partial charge in [0, 0.05) is 36.0 Å². The summed E-state index contributed by atoms with van der Waals surface area (Å²) < 4.78 is 0. The topological polar surface area (TPSA) is 73.1 Å². The maximum Gasteiger partial charge on any atom is 0.270 e. The van der Waals surface area contributed by atoms with Crippen molar-refractivity contribution in [1.29, 1.82) is 0 Å². The lowest BCUT2D eigenvalue weighted by Crippen LogP contribution is -2.10. The van der Waals surface area contributed by atoms with E-state index in [9.17, 15) is 14.9 Å². The third-order valence-corrected chi connectivity index (χ3v) is 2.94. The Labute approximate surface area is 110 Å². The van der Waals surface area contributed by atoms with E-state index in [1.165, 1.54) is 18.2 Å². The van der Waals surface area contributed by atoms with Crippen LogP contribution in [0, 0.1) is 10.1 Å². The van der Waals surface area contributed by atoms with E-state index in [2.05, 4.69) is 4.98 Å². The molecule has 5 nitrogen and oxygen atoms in total. The second-order valence-electron chi connectivity index (χ2n) is 4.17. The Morgan fingerprint density at radius 2 is 1.95 bits per heavy atom. The summed E-state index contributed by atoms with van der Waals surface area (Å²) in [6.45, 7) is 1.77. The molecule has 0 aliphatic carbocycles. The highest BCUT2D eigenvalue weighted by molar-refractivity contribution is 6.01. The highest BCUT2D eigenvalue weighted by Gasteiger charge is 2.19. The predicted molar refractivity (Wildman–Crippen MR) is 70.1 cm³/mol. The van der Waals surface area contributed by atoms with Crippen LogP contribution in [0.1, 0.15) is 28.8 Å². The van der Waals surface area contributed by atoms with Crippen molar-refractivity contribution in [3.8, 4) is 0 Å². The first-order valence-electron chi connectivity index (χ1n) is 5.78. The van der Waals surface area contributed by atoms with Gasteiger partial charge in [-0.1, -0.05) is 19.1 Å². The number of nitro benzene ring substituents is 1. The van der Waals surface area contributed by atoms with Crippen LogP contribution in [0.2, 0.25) is 0 Å². The largest absolute Gasteiger partial charge is 0.294 e. The molecule has 96 valence electrons. The number of benzene rings is 1. The number of nitro groups is 1. The average molecular weight is 256 g/mol. The SMILES string of the molecule is CC(C(=O)c1cccc([N+](=O)[O-])c1)c1ccncc1. The van der Waals surface area contributed by atoms with Crippen LogP contribution < -0.4 is 0 Å². The van der Waals surface area contributed by atoms with Crippen molar-refractivity contribution in [2.75, 3.05) is 0 Å². The molecule has 2 rings (SSSR count). The van der Waals surface area contributed by atoms with Crippen LogP contribution in [-0.4, -0.2) is 15.7 Å². The highest BCUT2D eigenvalue weighted by Crippen LogP contribution is 2.22. The fourth-order valence-corrected chi connectivity index (χ4v) is 1.83. The monoisotopic (exact) mass is 256 g/mol. The fourth-order valence-electron chi connectivity index (χ4n) is 1.83. The van der Waals surface area contributed by atoms with Crippen molar-refractivity contribution in [2.45, 2.75) is 12.8 Å². The first kappa shape index (κ1) is 12.9. The maximum atomic E-state index is 12.3. The summed E-state index contributed by atoms with van der Waals surface area (Å²) >= 11 is 0. The number of ketones is 1. The first-order valence-corrected chi connectivity index (χ1v) is 5.78. The number of pyridine rings is 1. The Bertz CT molecular complexity index is 611. The molecule has 0 fully saturated rings. The Hall–Kier alpha value is -2.56. The molecule has 0 bridgehead atoms. The molecule has 0 spiro atoms. The molecule has 1 heterocycles. The van der Waals surface area contributed by atoms with Crippen LogP contribution in [0.4, 0.5) is 5.69 Å². The van der Waals surface area contributed by atoms with E-state index in [0.717, 1.165) is 5.56 Å². The molecule has 1 atom stereocenters. The summed E-state index contributed by atoms with van der Waals surface area (Å²) in [4.78, 5) is 26.4. The van der Waals surface area contributed by atoms with E-state index in [4.69, 9.17) is 0 Å². The molecule has 1 unspecified atom stereocenters. The van der Waals surface area contributed by atoms with Gasteiger partial charge in [0.25, 0.3) is 5.69 Å². The Morgan fingerprint density at radius 3 is 2.58 bits per heavy atom. The number of nitrogens with zero attached hydrogens (tertiary/aromatic N) is 2. The van der Waals surface area contributed by atoms with Crippen molar-refractivity contribution in [2.24, 2.45) is 0 Å². The highest BCUT2D eigenvalue weighted by atomic mass is 16.6. The minimum atomic E-state index is -0.506. The van der Waals surface area contributed by atoms with E-state index in [1.54, 1.807) is 37.5 Å². The van der Waals surface area contributed by atoms with Gasteiger partial charge in [-0.3, -0.25) is 19.9 Å². The molecule has 0 N–H and O–H groups in total. The van der Waals surface area contributed by atoms with Crippen LogP contribution in [0.25, 0.3) is 0 Å². The number of carbonyl (C=O) groups excluding carboxylic acids is 1. The van der Waals surface area contributed by atoms with Gasteiger partial charge in [0.05, 0.1) is 4.92 Å². The smallest absolute Gasteiger partial charge is 0.270 e. The van der Waals surface area contributed by atoms with Gasteiger partial charge in [0.1, 0.15) is 0 Å². The second-order valence-corrected chi connectivity index (χ2v) is 4.17. The van der Waals surface area contributed by atoms with Crippen LogP contribution in [-0.2, 0) is 0 Å². The molecular formula is C14H12N2O3. The van der Waals surface area contributed by atoms with Gasteiger partial charge in [0.15, 0.2) is 5.78 Å². The second kappa shape index (κ2) is 5.39. The number of aromatic nitrogens is 1. The van der Waals surface area contributed by atoms with Gasteiger partial charge < -0.3 is 0 Å². The van der Waals surface area contributed by atoms with Crippen molar-refractivity contribution < 1.29 is 9.72 Å². The molecule has 0 radical (unpaired) electrons. The number of rotatable bonds is 4. The van der Waals surface area contributed by atoms with E-state index >= 15 is 0 Å². The number of carbonyl (C=O) groups is 1. The molecule has 0 saturated heterocycles. The molecule has 2 aromatic rings. The lowest BCUT2D eigenvalue weighted by atomic mass is 9.93. The maximum absolute atomic E-state index is 12.3. The number of hydrogen-bond donors (Lipinski definition) is 0. The summed E-state index contributed by atoms with van der Waals surface area (Å²) in [7, 11) is 0. The number of hydrogen-bond acceptors (Lipinski definition) is 4. The third-order valence-electron chi connectivity index (χ3n) is 2.94. The van der Waals surface area contributed by atoms with Gasteiger partial charge in [-0.2, -0.15) is 0 Å². The van der Waals surface area contributed by atoms with E-state index in [0.29, 0.717) is 5.56 Å². The molecule has 0 amide bonds. The van der Waals surface area contributed by atoms with Crippen molar-refractivity contribution in [1.82, 2.24) is 4.98 Å². The van der Waals surface area contributed by atoms with E-state index < -0.39 is 4.92 Å². The van der Waals surface area contributed by atoms with Gasteiger partial charge in [-0.05, 0) is 17.7 Å². The van der Waals surface area contributed by atoms with Crippen LogP contribution in [0.5, 0.6) is 0 Å². The van der Waals surface area contributed by atoms with Gasteiger partial charge in [-0.15, -0.1) is 0 Å². The zero-order chi connectivity index (χ0) is 13.8. The molecular weight excluding hydrogens is 244 g/mol. The zero-order valence-electron chi connectivity index (χ0n) is 10.3. The molecule has 0 aliphatic rings. The first-order chi connectivity index (χ1) is 9.09. The lowest BCUT2D eigenvalue weighted by Gasteiger charge is -2.10. The van der Waals surface area contributed by atoms with Gasteiger partial charge in [-0.25, -0.2) is 0 Å². The molecule has 0 aliphatic heterocycles. The van der Waals surface area contributed by atoms with Crippen molar-refractivity contribution >= 4 is 11.5 Å². The Kier molecular flexibility index (Phi) is 3.66. The van der Waals surface area contributed by atoms with E-state index in [-0.39, 0.29) is 17.4 Å². The van der Waals surface area contributed by atoms with Gasteiger partial charge >= 0.3 is 0 Å². The quantitative estimate of drug-likeness (QED) is 0.479. The van der Waals surface area contributed by atoms with Crippen LogP contribution in [0.3, 0.4) is 0 Å². The standard InChI is InChI=1S/C14H12N2O3/c1-10(11-5-7-15-8-6-11)14(17)12-3-2-4-13(9-12)16(18)19/h2-10H,1H3. The average Bonchev–Trinajstić information content (AvgIpc) is 2.46. The Balaban J connectivity index is 2.29. The molecule has 1 aromatic heterocycles. The molecule has 5 heteroatoms. The van der Waals surface area contributed by atoms with Crippen LogP contribution in [0.15, 0.2) is 48.8 Å². The van der Waals surface area contributed by atoms with Crippen molar-refractivity contribution in [3.63, 3.8) is 0 Å². The summed E-state index contributed by atoms with van der Waals surface area (Å²) in [5, 5.41) is 10.7. The molecule has 0 saturated carbocycles. The third kappa shape index (κ3) is 2.82. The van der Waals surface area contributed by atoms with Gasteiger partial charge in [0.2, 0.25) is 0 Å². The summed E-state index contributed by atoms with van der Waals surface area (Å²) in [5.74, 6) is -0.500. The molecule has 1 aromatic carbocycles. The predicted octanol–water partition coefficient (Wildman–Crippen LogP) is 2.98. The zero-order valence-corrected chi connectivity index (χ0v) is 10.3. The fraction of sp³-hybridized carbons (Fsp3) is 0.143. The number of Topliss-reactive ketones (excluding diaryl/α,β-unsaturated/α-hetero) is 1. The normalized spacial score (nSPS) is 11.8. The summed E-state index contributed by atoms with van der Waals surface area (Å²) in [6, 6.07) is 9.31. The summed E-state index contributed by atoms with van der Waals surface area (Å²) in [5.41, 5.74) is 1.11. The number of non-ortho nitro benzene ring substituents is 1. The molecule has 19 heavy (non-hydrogen) atoms. The summed E-state index contributed by atoms with van der Waals surface area (Å²) in [6.07, 6.45) is 3.24. The van der Waals surface area contributed by atoms with E-state index in [1.807, 2.05) is 0 Å². The van der Waals surface area contributed by atoms with Crippen LogP contribution >= 0.6 is 0 Å². The lowest BCUT2D eigenvalue weighted by molar-refractivity contribution is -0.384. The Morgan fingerprint density at radius 1 is 1.26 bits per heavy atom.